The smallest absolute Gasteiger partial charge is 0.255 e. The van der Waals surface area contributed by atoms with Crippen molar-refractivity contribution in [2.45, 2.75) is 6.04 Å². The number of benzene rings is 1. The highest BCUT2D eigenvalue weighted by atomic mass is 35.5. The van der Waals surface area contributed by atoms with Crippen LogP contribution in [0.2, 0.25) is 10.0 Å². The van der Waals surface area contributed by atoms with Gasteiger partial charge in [-0.15, -0.1) is 11.6 Å². The quantitative estimate of drug-likeness (QED) is 0.786. The molecule has 18 heavy (non-hydrogen) atoms. The highest BCUT2D eigenvalue weighted by Crippen LogP contribution is 2.27. The molecule has 1 atom stereocenters. The number of rotatable bonds is 2. The van der Waals surface area contributed by atoms with E-state index < -0.39 is 0 Å². The second-order valence-electron chi connectivity index (χ2n) is 3.98. The Labute approximate surface area is 121 Å². The van der Waals surface area contributed by atoms with Crippen LogP contribution >= 0.6 is 34.8 Å². The number of amides is 1. The van der Waals surface area contributed by atoms with E-state index in [-0.39, 0.29) is 17.0 Å². The zero-order valence-electron chi connectivity index (χ0n) is 9.54. The first-order chi connectivity index (χ1) is 8.65. The van der Waals surface area contributed by atoms with E-state index in [0.717, 1.165) is 0 Å². The van der Waals surface area contributed by atoms with E-state index >= 15 is 0 Å². The van der Waals surface area contributed by atoms with Gasteiger partial charge in [-0.3, -0.25) is 4.79 Å². The van der Waals surface area contributed by atoms with Crippen LogP contribution in [0.5, 0.6) is 0 Å². The summed E-state index contributed by atoms with van der Waals surface area (Å²) in [6, 6.07) is 4.90. The lowest BCUT2D eigenvalue weighted by Crippen LogP contribution is -2.49. The molecule has 1 aromatic carbocycles. The first kappa shape index (κ1) is 13.9. The third-order valence-corrected chi connectivity index (χ3v) is 4.02. The standard InChI is InChI=1S/C12H12Cl3NO2/c13-6-8-7-18-5-4-16(8)12(17)9-2-1-3-10(14)11(9)15/h1-3,8H,4-7H2. The van der Waals surface area contributed by atoms with Crippen molar-refractivity contribution in [2.75, 3.05) is 25.6 Å². The van der Waals surface area contributed by atoms with Crippen molar-refractivity contribution < 1.29 is 9.53 Å². The third-order valence-electron chi connectivity index (χ3n) is 2.85. The van der Waals surface area contributed by atoms with Crippen LogP contribution in [0.4, 0.5) is 0 Å². The van der Waals surface area contributed by atoms with Gasteiger partial charge in [-0.05, 0) is 12.1 Å². The third kappa shape index (κ3) is 2.75. The van der Waals surface area contributed by atoms with Crippen molar-refractivity contribution in [3.63, 3.8) is 0 Å². The van der Waals surface area contributed by atoms with Crippen LogP contribution in [-0.2, 0) is 4.74 Å². The minimum Gasteiger partial charge on any atom is -0.377 e. The van der Waals surface area contributed by atoms with Crippen molar-refractivity contribution in [1.82, 2.24) is 4.90 Å². The minimum atomic E-state index is -0.156. The van der Waals surface area contributed by atoms with Crippen molar-refractivity contribution in [2.24, 2.45) is 0 Å². The van der Waals surface area contributed by atoms with Gasteiger partial charge in [-0.1, -0.05) is 29.3 Å². The highest BCUT2D eigenvalue weighted by Gasteiger charge is 2.28. The molecule has 0 saturated carbocycles. The summed E-state index contributed by atoms with van der Waals surface area (Å²) in [6.07, 6.45) is 0. The molecule has 2 rings (SSSR count). The molecule has 1 amide bonds. The normalized spacial score (nSPS) is 19.9. The van der Waals surface area contributed by atoms with Gasteiger partial charge < -0.3 is 9.64 Å². The van der Waals surface area contributed by atoms with Crippen LogP contribution in [0.15, 0.2) is 18.2 Å². The molecule has 1 aliphatic heterocycles. The molecular weight excluding hydrogens is 296 g/mol. The Balaban J connectivity index is 2.27. The van der Waals surface area contributed by atoms with E-state index in [0.29, 0.717) is 36.2 Å². The van der Waals surface area contributed by atoms with Crippen molar-refractivity contribution >= 4 is 40.7 Å². The molecule has 98 valence electrons. The van der Waals surface area contributed by atoms with E-state index in [2.05, 4.69) is 0 Å². The molecule has 0 aromatic heterocycles. The van der Waals surface area contributed by atoms with Gasteiger partial charge in [0.05, 0.1) is 34.9 Å². The second kappa shape index (κ2) is 6.11. The lowest BCUT2D eigenvalue weighted by molar-refractivity contribution is 0.00457. The average molecular weight is 309 g/mol. The van der Waals surface area contributed by atoms with Crippen LogP contribution < -0.4 is 0 Å². The maximum atomic E-state index is 12.4. The van der Waals surface area contributed by atoms with Crippen LogP contribution in [0.1, 0.15) is 10.4 Å². The summed E-state index contributed by atoms with van der Waals surface area (Å²) in [7, 11) is 0. The van der Waals surface area contributed by atoms with E-state index in [1.54, 1.807) is 23.1 Å². The fourth-order valence-electron chi connectivity index (χ4n) is 1.87. The van der Waals surface area contributed by atoms with Gasteiger partial charge in [-0.25, -0.2) is 0 Å². The zero-order chi connectivity index (χ0) is 13.1. The molecule has 1 heterocycles. The van der Waals surface area contributed by atoms with Gasteiger partial charge in [-0.2, -0.15) is 0 Å². The van der Waals surface area contributed by atoms with E-state index in [1.165, 1.54) is 0 Å². The molecule has 0 aliphatic carbocycles. The summed E-state index contributed by atoms with van der Waals surface area (Å²) in [4.78, 5) is 14.1. The molecular formula is C12H12Cl3NO2. The lowest BCUT2D eigenvalue weighted by Gasteiger charge is -2.34. The summed E-state index contributed by atoms with van der Waals surface area (Å²) < 4.78 is 5.31. The van der Waals surface area contributed by atoms with Gasteiger partial charge in [0.15, 0.2) is 0 Å². The molecule has 1 fully saturated rings. The second-order valence-corrected chi connectivity index (χ2v) is 5.08. The van der Waals surface area contributed by atoms with Crippen LogP contribution in [0.25, 0.3) is 0 Å². The summed E-state index contributed by atoms with van der Waals surface area (Å²) in [5, 5.41) is 0.655. The number of hydrogen-bond acceptors (Lipinski definition) is 2. The number of carbonyl (C=O) groups excluding carboxylic acids is 1. The van der Waals surface area contributed by atoms with Crippen LogP contribution in [0.3, 0.4) is 0 Å². The Morgan fingerprint density at radius 2 is 2.22 bits per heavy atom. The molecule has 1 saturated heterocycles. The largest absolute Gasteiger partial charge is 0.377 e. The minimum absolute atomic E-state index is 0.122. The number of alkyl halides is 1. The fraction of sp³-hybridized carbons (Fsp3) is 0.417. The van der Waals surface area contributed by atoms with Gasteiger partial charge in [0.2, 0.25) is 0 Å². The summed E-state index contributed by atoms with van der Waals surface area (Å²) in [5.74, 6) is 0.181. The number of carbonyl (C=O) groups is 1. The fourth-order valence-corrected chi connectivity index (χ4v) is 2.51. The predicted molar refractivity (Wildman–Crippen MR) is 72.8 cm³/mol. The number of nitrogens with zero attached hydrogens (tertiary/aromatic N) is 1. The topological polar surface area (TPSA) is 29.5 Å². The van der Waals surface area contributed by atoms with E-state index in [9.17, 15) is 4.79 Å². The summed E-state index contributed by atoms with van der Waals surface area (Å²) in [5.41, 5.74) is 0.404. The SMILES string of the molecule is O=C(c1cccc(Cl)c1Cl)N1CCOCC1CCl. The average Bonchev–Trinajstić information content (AvgIpc) is 2.41. The summed E-state index contributed by atoms with van der Waals surface area (Å²) in [6.45, 7) is 1.48. The molecule has 0 radical (unpaired) electrons. The molecule has 1 unspecified atom stereocenters. The predicted octanol–water partition coefficient (Wildman–Crippen LogP) is 3.07. The molecule has 0 spiro atoms. The Hall–Kier alpha value is -0.480. The Bertz CT molecular complexity index is 453. The lowest BCUT2D eigenvalue weighted by atomic mass is 10.1. The van der Waals surface area contributed by atoms with Crippen molar-refractivity contribution in [3.8, 4) is 0 Å². The molecule has 3 nitrogen and oxygen atoms in total. The Morgan fingerprint density at radius 1 is 1.44 bits per heavy atom. The van der Waals surface area contributed by atoms with Crippen molar-refractivity contribution in [3.05, 3.63) is 33.8 Å². The molecule has 6 heteroatoms. The number of morpholine rings is 1. The number of hydrogen-bond donors (Lipinski definition) is 0. The maximum Gasteiger partial charge on any atom is 0.255 e. The molecule has 0 N–H and O–H groups in total. The summed E-state index contributed by atoms with van der Waals surface area (Å²) >= 11 is 17.8. The number of ether oxygens (including phenoxy) is 1. The molecule has 1 aromatic rings. The van der Waals surface area contributed by atoms with E-state index in [1.807, 2.05) is 0 Å². The molecule has 0 bridgehead atoms. The maximum absolute atomic E-state index is 12.4. The van der Waals surface area contributed by atoms with Gasteiger partial charge in [0.25, 0.3) is 5.91 Å². The number of halogens is 3. The highest BCUT2D eigenvalue weighted by molar-refractivity contribution is 6.43. The Kier molecular flexibility index (Phi) is 4.73. The monoisotopic (exact) mass is 307 g/mol. The zero-order valence-corrected chi connectivity index (χ0v) is 11.8. The molecule has 1 aliphatic rings. The van der Waals surface area contributed by atoms with E-state index in [4.69, 9.17) is 39.5 Å². The Morgan fingerprint density at radius 3 is 2.94 bits per heavy atom. The van der Waals surface area contributed by atoms with Gasteiger partial charge >= 0.3 is 0 Å². The first-order valence-electron chi connectivity index (χ1n) is 5.54. The van der Waals surface area contributed by atoms with Crippen LogP contribution in [0, 0.1) is 0 Å². The first-order valence-corrected chi connectivity index (χ1v) is 6.83. The van der Waals surface area contributed by atoms with Crippen LogP contribution in [-0.4, -0.2) is 42.5 Å². The van der Waals surface area contributed by atoms with Gasteiger partial charge in [0, 0.05) is 12.4 Å². The van der Waals surface area contributed by atoms with Gasteiger partial charge in [0.1, 0.15) is 0 Å². The van der Waals surface area contributed by atoms with Crippen molar-refractivity contribution in [1.29, 1.82) is 0 Å².